The molecule has 0 unspecified atom stereocenters. The summed E-state index contributed by atoms with van der Waals surface area (Å²) in [5.74, 6) is 0. The standard InChI is InChI=1S/C6H13.Hf/c1-3-5-6-4-2;/h1,3-6H2,2H3;/q-1;. The minimum Gasteiger partial charge on any atom is -0.343 e. The molecule has 0 aromatic rings. The predicted molar refractivity (Wildman–Crippen MR) is 29.5 cm³/mol. The van der Waals surface area contributed by atoms with Crippen molar-refractivity contribution >= 4 is 0 Å². The second-order valence-electron chi connectivity index (χ2n) is 1.56. The molecule has 0 heterocycles. The summed E-state index contributed by atoms with van der Waals surface area (Å²) < 4.78 is 0. The van der Waals surface area contributed by atoms with Crippen LogP contribution in [-0.4, -0.2) is 0 Å². The summed E-state index contributed by atoms with van der Waals surface area (Å²) in [4.78, 5) is 0. The third-order valence-corrected chi connectivity index (χ3v) is 0.854. The van der Waals surface area contributed by atoms with E-state index < -0.39 is 0 Å². The molecule has 0 amide bonds. The molecule has 0 spiro atoms. The molecule has 0 saturated carbocycles. The van der Waals surface area contributed by atoms with Gasteiger partial charge in [-0.25, -0.2) is 0 Å². The fourth-order valence-corrected chi connectivity index (χ4v) is 0.427. The molecule has 0 saturated heterocycles. The van der Waals surface area contributed by atoms with Gasteiger partial charge in [0.2, 0.25) is 0 Å². The van der Waals surface area contributed by atoms with Gasteiger partial charge in [-0.15, -0.1) is 0 Å². The Morgan fingerprint density at radius 1 is 1.29 bits per heavy atom. The van der Waals surface area contributed by atoms with Crippen molar-refractivity contribution in [1.82, 2.24) is 0 Å². The smallest absolute Gasteiger partial charge is 0 e. The largest absolute Gasteiger partial charge is 0.343 e. The van der Waals surface area contributed by atoms with E-state index in [4.69, 9.17) is 0 Å². The third-order valence-electron chi connectivity index (χ3n) is 0.854. The van der Waals surface area contributed by atoms with Gasteiger partial charge < -0.3 is 6.92 Å². The first-order valence-electron chi connectivity index (χ1n) is 2.71. The van der Waals surface area contributed by atoms with E-state index in [0.717, 1.165) is 6.42 Å². The van der Waals surface area contributed by atoms with Crippen LogP contribution < -0.4 is 0 Å². The number of hydrogen-bond donors (Lipinski definition) is 0. The summed E-state index contributed by atoms with van der Waals surface area (Å²) in [6, 6.07) is 0. The second kappa shape index (κ2) is 9.98. The van der Waals surface area contributed by atoms with Crippen molar-refractivity contribution in [3.63, 3.8) is 0 Å². The maximum absolute atomic E-state index is 3.72. The molecule has 0 aromatic heterocycles. The Labute approximate surface area is 65.5 Å². The molecule has 0 aliphatic carbocycles. The monoisotopic (exact) mass is 265 g/mol. The fourth-order valence-electron chi connectivity index (χ4n) is 0.427. The number of unbranched alkanes of at least 4 members (excludes halogenated alkanes) is 3. The first kappa shape index (κ1) is 10.8. The molecule has 0 rings (SSSR count). The van der Waals surface area contributed by atoms with E-state index in [0.29, 0.717) is 0 Å². The molecule has 0 aliphatic heterocycles. The Kier molecular flexibility index (Phi) is 15.4. The van der Waals surface area contributed by atoms with Crippen LogP contribution >= 0.6 is 0 Å². The van der Waals surface area contributed by atoms with Gasteiger partial charge in [-0.1, -0.05) is 26.2 Å². The van der Waals surface area contributed by atoms with E-state index in [9.17, 15) is 0 Å². The topological polar surface area (TPSA) is 0 Å². The Hall–Kier alpha value is 0.870. The molecule has 0 bridgehead atoms. The summed E-state index contributed by atoms with van der Waals surface area (Å²) in [6.07, 6.45) is 5.07. The van der Waals surface area contributed by atoms with Gasteiger partial charge in [0.05, 0.1) is 0 Å². The Bertz CT molecular complexity index is 16.1. The van der Waals surface area contributed by atoms with Gasteiger partial charge >= 0.3 is 0 Å². The molecule has 0 fully saturated rings. The molecular weight excluding hydrogens is 251 g/mol. The molecule has 0 aliphatic rings. The zero-order chi connectivity index (χ0) is 4.83. The van der Waals surface area contributed by atoms with Crippen molar-refractivity contribution in [2.75, 3.05) is 0 Å². The summed E-state index contributed by atoms with van der Waals surface area (Å²) in [5.41, 5.74) is 0. The van der Waals surface area contributed by atoms with Crippen molar-refractivity contribution in [1.29, 1.82) is 0 Å². The van der Waals surface area contributed by atoms with Crippen molar-refractivity contribution in [2.45, 2.75) is 32.6 Å². The fraction of sp³-hybridized carbons (Fsp3) is 0.833. The van der Waals surface area contributed by atoms with Gasteiger partial charge in [-0.05, 0) is 0 Å². The van der Waals surface area contributed by atoms with Crippen molar-refractivity contribution in [3.05, 3.63) is 6.92 Å². The van der Waals surface area contributed by atoms with Crippen LogP contribution in [-0.2, 0) is 25.8 Å². The van der Waals surface area contributed by atoms with E-state index >= 15 is 0 Å². The van der Waals surface area contributed by atoms with Gasteiger partial charge in [0, 0.05) is 25.8 Å². The quantitative estimate of drug-likeness (QED) is 0.417. The van der Waals surface area contributed by atoms with E-state index in [1.807, 2.05) is 0 Å². The Morgan fingerprint density at radius 3 is 2.00 bits per heavy atom. The first-order valence-corrected chi connectivity index (χ1v) is 2.71. The molecule has 7 heavy (non-hydrogen) atoms. The van der Waals surface area contributed by atoms with Gasteiger partial charge in [-0.3, -0.25) is 0 Å². The van der Waals surface area contributed by atoms with Crippen LogP contribution in [0.5, 0.6) is 0 Å². The molecule has 0 radical (unpaired) electrons. The zero-order valence-electron chi connectivity index (χ0n) is 5.04. The maximum Gasteiger partial charge on any atom is 0 e. The Morgan fingerprint density at radius 2 is 1.86 bits per heavy atom. The van der Waals surface area contributed by atoms with Crippen molar-refractivity contribution in [3.8, 4) is 0 Å². The van der Waals surface area contributed by atoms with Crippen LogP contribution in [0.4, 0.5) is 0 Å². The minimum absolute atomic E-state index is 0. The summed E-state index contributed by atoms with van der Waals surface area (Å²) in [5, 5.41) is 0. The number of hydrogen-bond acceptors (Lipinski definition) is 0. The molecular formula is C6H13Hf-. The van der Waals surface area contributed by atoms with Crippen LogP contribution in [0.25, 0.3) is 0 Å². The van der Waals surface area contributed by atoms with Gasteiger partial charge in [0.1, 0.15) is 0 Å². The van der Waals surface area contributed by atoms with Gasteiger partial charge in [0.25, 0.3) is 0 Å². The number of rotatable bonds is 3. The average Bonchev–Trinajstić information content (AvgIpc) is 1.61. The molecule has 0 aromatic carbocycles. The summed E-state index contributed by atoms with van der Waals surface area (Å²) in [6.45, 7) is 5.93. The van der Waals surface area contributed by atoms with E-state index in [1.54, 1.807) is 0 Å². The van der Waals surface area contributed by atoms with E-state index in [2.05, 4.69) is 13.8 Å². The molecule has 1 heteroatoms. The van der Waals surface area contributed by atoms with E-state index in [-0.39, 0.29) is 25.8 Å². The first-order chi connectivity index (χ1) is 2.91. The third kappa shape index (κ3) is 10.9. The molecule has 0 N–H and O–H groups in total. The SMILES string of the molecule is [CH2-]CCCCC.[Hf]. The van der Waals surface area contributed by atoms with E-state index in [1.165, 1.54) is 19.3 Å². The van der Waals surface area contributed by atoms with Crippen LogP contribution in [0, 0.1) is 6.92 Å². The summed E-state index contributed by atoms with van der Waals surface area (Å²) >= 11 is 0. The average molecular weight is 264 g/mol. The van der Waals surface area contributed by atoms with Crippen molar-refractivity contribution < 1.29 is 25.8 Å². The molecule has 0 atom stereocenters. The second-order valence-corrected chi connectivity index (χ2v) is 1.56. The summed E-state index contributed by atoms with van der Waals surface area (Å²) in [7, 11) is 0. The van der Waals surface area contributed by atoms with Crippen LogP contribution in [0.3, 0.4) is 0 Å². The normalized spacial score (nSPS) is 7.71. The van der Waals surface area contributed by atoms with Crippen LogP contribution in [0.2, 0.25) is 0 Å². The van der Waals surface area contributed by atoms with Gasteiger partial charge in [0.15, 0.2) is 0 Å². The minimum atomic E-state index is 0. The molecule has 0 nitrogen and oxygen atoms in total. The van der Waals surface area contributed by atoms with Crippen LogP contribution in [0.15, 0.2) is 0 Å². The predicted octanol–water partition coefficient (Wildman–Crippen LogP) is 2.40. The zero-order valence-corrected chi connectivity index (χ0v) is 8.63. The molecule has 42 valence electrons. The van der Waals surface area contributed by atoms with Crippen molar-refractivity contribution in [2.24, 2.45) is 0 Å². The Balaban J connectivity index is 0. The van der Waals surface area contributed by atoms with Crippen LogP contribution in [0.1, 0.15) is 32.6 Å². The van der Waals surface area contributed by atoms with Gasteiger partial charge in [-0.2, -0.15) is 6.42 Å². The maximum atomic E-state index is 3.72.